The van der Waals surface area contributed by atoms with Crippen LogP contribution in [0, 0.1) is 0 Å². The van der Waals surface area contributed by atoms with Gasteiger partial charge in [-0.1, -0.05) is 0 Å². The normalized spacial score (nSPS) is 13.2. The highest BCUT2D eigenvalue weighted by molar-refractivity contribution is 4.58. The zero-order valence-electron chi connectivity index (χ0n) is 8.68. The van der Waals surface area contributed by atoms with E-state index in [-0.39, 0.29) is 6.04 Å². The highest BCUT2D eigenvalue weighted by atomic mass is 14.9. The predicted octanol–water partition coefficient (Wildman–Crippen LogP) is -0.748. The summed E-state index contributed by atoms with van der Waals surface area (Å²) in [5.74, 6) is 0. The second kappa shape index (κ2) is 9.92. The molecule has 0 aliphatic carbocycles. The lowest BCUT2D eigenvalue weighted by molar-refractivity contribution is 0.561. The molecule has 0 aromatic rings. The number of rotatable bonds is 9. The van der Waals surface area contributed by atoms with Gasteiger partial charge in [0.15, 0.2) is 0 Å². The molecular weight excluding hydrogens is 164 g/mol. The van der Waals surface area contributed by atoms with Crippen molar-refractivity contribution in [1.82, 2.24) is 10.6 Å². The van der Waals surface area contributed by atoms with Gasteiger partial charge in [0.25, 0.3) is 0 Å². The zero-order valence-corrected chi connectivity index (χ0v) is 8.68. The Balaban J connectivity index is 2.84. The first kappa shape index (κ1) is 12.8. The summed E-state index contributed by atoms with van der Waals surface area (Å²) < 4.78 is 0. The van der Waals surface area contributed by atoms with Gasteiger partial charge in [-0.3, -0.25) is 0 Å². The summed E-state index contributed by atoms with van der Waals surface area (Å²) in [6, 6.07) is 0.255. The highest BCUT2D eigenvalue weighted by Crippen LogP contribution is 1.76. The molecule has 0 saturated heterocycles. The van der Waals surface area contributed by atoms with Crippen molar-refractivity contribution in [2.24, 2.45) is 11.5 Å². The van der Waals surface area contributed by atoms with Crippen molar-refractivity contribution in [1.29, 1.82) is 0 Å². The Bertz CT molecular complexity index is 95.6. The van der Waals surface area contributed by atoms with Gasteiger partial charge in [0.05, 0.1) is 0 Å². The van der Waals surface area contributed by atoms with Crippen LogP contribution in [-0.4, -0.2) is 38.8 Å². The van der Waals surface area contributed by atoms with Crippen LogP contribution in [0.25, 0.3) is 0 Å². The average molecular weight is 188 g/mol. The van der Waals surface area contributed by atoms with Crippen LogP contribution >= 0.6 is 0 Å². The van der Waals surface area contributed by atoms with E-state index in [1.54, 1.807) is 0 Å². The zero-order chi connectivity index (χ0) is 9.94. The third kappa shape index (κ3) is 11.8. The van der Waals surface area contributed by atoms with E-state index >= 15 is 0 Å². The fourth-order valence-electron chi connectivity index (χ4n) is 1.02. The topological polar surface area (TPSA) is 76.1 Å². The molecule has 0 bridgehead atoms. The molecule has 4 heteroatoms. The van der Waals surface area contributed by atoms with Crippen LogP contribution in [0.5, 0.6) is 0 Å². The van der Waals surface area contributed by atoms with Gasteiger partial charge in [0, 0.05) is 12.6 Å². The molecule has 1 atom stereocenters. The molecule has 6 N–H and O–H groups in total. The Hall–Kier alpha value is -0.160. The van der Waals surface area contributed by atoms with Gasteiger partial charge in [0.1, 0.15) is 0 Å². The molecule has 0 heterocycles. The highest BCUT2D eigenvalue weighted by Gasteiger charge is 1.92. The molecule has 0 aliphatic rings. The molecular formula is C9H24N4. The minimum Gasteiger partial charge on any atom is -0.330 e. The van der Waals surface area contributed by atoms with E-state index in [2.05, 4.69) is 10.6 Å². The third-order valence-corrected chi connectivity index (χ3v) is 1.73. The van der Waals surface area contributed by atoms with Crippen molar-refractivity contribution in [3.8, 4) is 0 Å². The monoisotopic (exact) mass is 188 g/mol. The van der Waals surface area contributed by atoms with Crippen molar-refractivity contribution in [3.05, 3.63) is 0 Å². The smallest absolute Gasteiger partial charge is 0.0136 e. The van der Waals surface area contributed by atoms with Crippen LogP contribution in [0.1, 0.15) is 19.8 Å². The van der Waals surface area contributed by atoms with Crippen molar-refractivity contribution in [2.45, 2.75) is 25.8 Å². The average Bonchev–Trinajstić information content (AvgIpc) is 2.09. The van der Waals surface area contributed by atoms with E-state index in [0.717, 1.165) is 45.6 Å². The van der Waals surface area contributed by atoms with E-state index in [9.17, 15) is 0 Å². The molecule has 0 amide bonds. The summed E-state index contributed by atoms with van der Waals surface area (Å²) >= 11 is 0. The molecule has 1 unspecified atom stereocenters. The maximum atomic E-state index is 5.58. The minimum atomic E-state index is 0.255. The fraction of sp³-hybridized carbons (Fsp3) is 1.00. The van der Waals surface area contributed by atoms with E-state index in [1.165, 1.54) is 0 Å². The SMILES string of the molecule is CC(N)CNCCCNCCCN. The number of hydrogen-bond acceptors (Lipinski definition) is 4. The molecule has 0 radical (unpaired) electrons. The Morgan fingerprint density at radius 2 is 1.69 bits per heavy atom. The second-order valence-electron chi connectivity index (χ2n) is 3.43. The summed E-state index contributed by atoms with van der Waals surface area (Å²) in [7, 11) is 0. The van der Waals surface area contributed by atoms with Gasteiger partial charge in [-0.05, 0) is 45.9 Å². The standard InChI is InChI=1S/C9H24N4/c1-9(11)8-13-7-3-6-12-5-2-4-10/h9,12-13H,2-8,10-11H2,1H3. The van der Waals surface area contributed by atoms with Crippen LogP contribution in [0.4, 0.5) is 0 Å². The predicted molar refractivity (Wildman–Crippen MR) is 57.7 cm³/mol. The Morgan fingerprint density at radius 1 is 1.08 bits per heavy atom. The van der Waals surface area contributed by atoms with Gasteiger partial charge in [-0.25, -0.2) is 0 Å². The van der Waals surface area contributed by atoms with Crippen molar-refractivity contribution in [3.63, 3.8) is 0 Å². The van der Waals surface area contributed by atoms with Crippen LogP contribution in [0.3, 0.4) is 0 Å². The van der Waals surface area contributed by atoms with E-state index in [1.807, 2.05) is 6.92 Å². The van der Waals surface area contributed by atoms with Gasteiger partial charge < -0.3 is 22.1 Å². The molecule has 0 aromatic carbocycles. The van der Waals surface area contributed by atoms with Crippen molar-refractivity contribution < 1.29 is 0 Å². The van der Waals surface area contributed by atoms with Gasteiger partial charge >= 0.3 is 0 Å². The molecule has 0 aliphatic heterocycles. The minimum absolute atomic E-state index is 0.255. The number of nitrogens with one attached hydrogen (secondary N) is 2. The van der Waals surface area contributed by atoms with Gasteiger partial charge in [-0.2, -0.15) is 0 Å². The first-order valence-corrected chi connectivity index (χ1v) is 5.14. The van der Waals surface area contributed by atoms with E-state index in [0.29, 0.717) is 0 Å². The summed E-state index contributed by atoms with van der Waals surface area (Å²) in [4.78, 5) is 0. The quantitative estimate of drug-likeness (QED) is 0.359. The molecule has 13 heavy (non-hydrogen) atoms. The summed E-state index contributed by atoms with van der Waals surface area (Å²) in [6.07, 6.45) is 2.21. The molecule has 4 nitrogen and oxygen atoms in total. The summed E-state index contributed by atoms with van der Waals surface area (Å²) in [5.41, 5.74) is 10.9. The van der Waals surface area contributed by atoms with E-state index < -0.39 is 0 Å². The Morgan fingerprint density at radius 3 is 2.31 bits per heavy atom. The number of hydrogen-bond donors (Lipinski definition) is 4. The second-order valence-corrected chi connectivity index (χ2v) is 3.43. The van der Waals surface area contributed by atoms with Crippen LogP contribution in [0.15, 0.2) is 0 Å². The summed E-state index contributed by atoms with van der Waals surface area (Å²) in [5, 5.41) is 6.61. The molecule has 0 aromatic heterocycles. The van der Waals surface area contributed by atoms with Crippen LogP contribution in [0.2, 0.25) is 0 Å². The number of nitrogens with two attached hydrogens (primary N) is 2. The van der Waals surface area contributed by atoms with Crippen molar-refractivity contribution >= 4 is 0 Å². The van der Waals surface area contributed by atoms with Crippen LogP contribution < -0.4 is 22.1 Å². The maximum absolute atomic E-state index is 5.58. The fourth-order valence-corrected chi connectivity index (χ4v) is 1.02. The lowest BCUT2D eigenvalue weighted by Crippen LogP contribution is -2.32. The first-order chi connectivity index (χ1) is 6.27. The molecule has 80 valence electrons. The Labute approximate surface area is 81.4 Å². The van der Waals surface area contributed by atoms with Gasteiger partial charge in [-0.15, -0.1) is 0 Å². The molecule has 0 saturated carbocycles. The van der Waals surface area contributed by atoms with Gasteiger partial charge in [0.2, 0.25) is 0 Å². The maximum Gasteiger partial charge on any atom is 0.0136 e. The molecule has 0 spiro atoms. The van der Waals surface area contributed by atoms with Crippen LogP contribution in [-0.2, 0) is 0 Å². The first-order valence-electron chi connectivity index (χ1n) is 5.14. The third-order valence-electron chi connectivity index (χ3n) is 1.73. The van der Waals surface area contributed by atoms with Crippen molar-refractivity contribution in [2.75, 3.05) is 32.7 Å². The summed E-state index contributed by atoms with van der Waals surface area (Å²) in [6.45, 7) is 6.82. The largest absolute Gasteiger partial charge is 0.330 e. The lowest BCUT2D eigenvalue weighted by atomic mass is 10.3. The molecule has 0 fully saturated rings. The van der Waals surface area contributed by atoms with E-state index in [4.69, 9.17) is 11.5 Å². The lowest BCUT2D eigenvalue weighted by Gasteiger charge is -2.07. The Kier molecular flexibility index (Phi) is 9.80. The molecule has 0 rings (SSSR count).